The van der Waals surface area contributed by atoms with Crippen LogP contribution in [0.25, 0.3) is 0 Å². The van der Waals surface area contributed by atoms with E-state index >= 15 is 0 Å². The van der Waals surface area contributed by atoms with Crippen LogP contribution in [-0.4, -0.2) is 23.8 Å². The minimum Gasteiger partial charge on any atom is -0.472 e. The Morgan fingerprint density at radius 1 is 1.12 bits per heavy atom. The highest BCUT2D eigenvalue weighted by Crippen LogP contribution is 2.48. The third-order valence-electron chi connectivity index (χ3n) is 6.61. The Hall–Kier alpha value is -1.79. The van der Waals surface area contributed by atoms with Gasteiger partial charge < -0.3 is 9.84 Å². The van der Waals surface area contributed by atoms with Crippen molar-refractivity contribution in [1.29, 1.82) is 0 Å². The van der Waals surface area contributed by atoms with E-state index in [1.54, 1.807) is 7.11 Å². The smallest absolute Gasteiger partial charge is 0.382 e. The zero-order valence-electron chi connectivity index (χ0n) is 16.6. The summed E-state index contributed by atoms with van der Waals surface area (Å²) in [5.74, 6) is 4.40. The largest absolute Gasteiger partial charge is 0.472 e. The predicted molar refractivity (Wildman–Crippen MR) is 103 cm³/mol. The molecule has 0 saturated heterocycles. The molecule has 1 saturated carbocycles. The van der Waals surface area contributed by atoms with Crippen LogP contribution in [0.2, 0.25) is 0 Å². The maximum absolute atomic E-state index is 10.8. The van der Waals surface area contributed by atoms with Crippen LogP contribution in [0.1, 0.15) is 82.4 Å². The van der Waals surface area contributed by atoms with E-state index in [1.165, 1.54) is 29.5 Å². The Morgan fingerprint density at radius 2 is 1.77 bits per heavy atom. The summed E-state index contributed by atoms with van der Waals surface area (Å²) in [7, 11) is 1.64. The fourth-order valence-electron chi connectivity index (χ4n) is 4.67. The first-order valence-electron chi connectivity index (χ1n) is 9.55. The van der Waals surface area contributed by atoms with E-state index in [-0.39, 0.29) is 10.8 Å². The monoisotopic (exact) mass is 354 g/mol. The fourth-order valence-corrected chi connectivity index (χ4v) is 4.67. The van der Waals surface area contributed by atoms with E-state index in [4.69, 9.17) is 9.84 Å². The van der Waals surface area contributed by atoms with Crippen molar-refractivity contribution >= 4 is 5.97 Å². The van der Waals surface area contributed by atoms with Crippen LogP contribution in [0.15, 0.2) is 18.2 Å². The third kappa shape index (κ3) is 3.40. The summed E-state index contributed by atoms with van der Waals surface area (Å²) < 4.78 is 5.65. The lowest BCUT2D eigenvalue weighted by Gasteiger charge is -2.42. The molecular formula is C23H30O3. The Balaban J connectivity index is 1.93. The SMILES string of the molecule is COC1(C#CC(=O)O)CCC(c2ccc3c(c2)C(C)(C)CCC3(C)C)C1. The third-order valence-corrected chi connectivity index (χ3v) is 6.61. The second-order valence-corrected chi connectivity index (χ2v) is 9.27. The molecule has 1 N–H and O–H groups in total. The van der Waals surface area contributed by atoms with Crippen molar-refractivity contribution in [2.24, 2.45) is 0 Å². The molecule has 1 aromatic carbocycles. The first-order valence-corrected chi connectivity index (χ1v) is 9.55. The number of carboxylic acids is 1. The lowest BCUT2D eigenvalue weighted by atomic mass is 9.62. The Labute approximate surface area is 157 Å². The first-order chi connectivity index (χ1) is 12.1. The molecule has 2 aliphatic carbocycles. The average Bonchev–Trinajstić information content (AvgIpc) is 3.02. The summed E-state index contributed by atoms with van der Waals surface area (Å²) in [6.45, 7) is 9.37. The summed E-state index contributed by atoms with van der Waals surface area (Å²) in [6, 6.07) is 6.99. The highest BCUT2D eigenvalue weighted by molar-refractivity contribution is 5.86. The van der Waals surface area contributed by atoms with Crippen molar-refractivity contribution in [3.8, 4) is 11.8 Å². The Kier molecular flexibility index (Phi) is 4.69. The van der Waals surface area contributed by atoms with Gasteiger partial charge in [-0.1, -0.05) is 51.8 Å². The number of carboxylic acid groups (broad SMARTS) is 1. The van der Waals surface area contributed by atoms with Crippen molar-refractivity contribution in [1.82, 2.24) is 0 Å². The lowest BCUT2D eigenvalue weighted by molar-refractivity contribution is -0.130. The molecule has 0 spiro atoms. The summed E-state index contributed by atoms with van der Waals surface area (Å²) in [5.41, 5.74) is 4.07. The highest BCUT2D eigenvalue weighted by Gasteiger charge is 2.41. The van der Waals surface area contributed by atoms with E-state index in [9.17, 15) is 4.79 Å². The van der Waals surface area contributed by atoms with E-state index in [2.05, 4.69) is 57.7 Å². The molecule has 0 radical (unpaired) electrons. The topological polar surface area (TPSA) is 46.5 Å². The number of carbonyl (C=O) groups is 1. The predicted octanol–water partition coefficient (Wildman–Crippen LogP) is 4.78. The van der Waals surface area contributed by atoms with Crippen molar-refractivity contribution in [3.63, 3.8) is 0 Å². The van der Waals surface area contributed by atoms with Gasteiger partial charge in [-0.25, -0.2) is 4.79 Å². The van der Waals surface area contributed by atoms with Gasteiger partial charge in [0.05, 0.1) is 0 Å². The molecule has 26 heavy (non-hydrogen) atoms. The van der Waals surface area contributed by atoms with Crippen molar-refractivity contribution in [3.05, 3.63) is 34.9 Å². The van der Waals surface area contributed by atoms with Crippen LogP contribution < -0.4 is 0 Å². The first kappa shape index (κ1) is 19.0. The molecule has 0 bridgehead atoms. The number of hydrogen-bond acceptors (Lipinski definition) is 2. The molecule has 140 valence electrons. The average molecular weight is 354 g/mol. The number of methoxy groups -OCH3 is 1. The minimum absolute atomic E-state index is 0.195. The zero-order chi connectivity index (χ0) is 19.2. The van der Waals surface area contributed by atoms with Crippen LogP contribution in [0.4, 0.5) is 0 Å². The van der Waals surface area contributed by atoms with E-state index < -0.39 is 11.6 Å². The van der Waals surface area contributed by atoms with Gasteiger partial charge in [-0.3, -0.25) is 0 Å². The van der Waals surface area contributed by atoms with Gasteiger partial charge in [0.25, 0.3) is 0 Å². The van der Waals surface area contributed by atoms with Crippen LogP contribution >= 0.6 is 0 Å². The van der Waals surface area contributed by atoms with Gasteiger partial charge in [-0.2, -0.15) is 0 Å². The molecule has 3 heteroatoms. The number of rotatable bonds is 2. The number of hydrogen-bond donors (Lipinski definition) is 1. The van der Waals surface area contributed by atoms with Gasteiger partial charge >= 0.3 is 5.97 Å². The van der Waals surface area contributed by atoms with Crippen LogP contribution in [-0.2, 0) is 20.4 Å². The highest BCUT2D eigenvalue weighted by atomic mass is 16.5. The van der Waals surface area contributed by atoms with E-state index in [0.717, 1.165) is 19.3 Å². The molecule has 0 aliphatic heterocycles. The van der Waals surface area contributed by atoms with Gasteiger partial charge in [0.2, 0.25) is 0 Å². The standard InChI is InChI=1S/C23H30O3/c1-21(2)12-13-22(3,4)19-14-16(6-7-18(19)21)17-8-10-23(15-17,26-5)11-9-20(24)25/h6-7,14,17H,8,10,12-13,15H2,1-5H3,(H,24,25). The summed E-state index contributed by atoms with van der Waals surface area (Å²) in [6.07, 6.45) is 4.93. The maximum atomic E-state index is 10.8. The maximum Gasteiger partial charge on any atom is 0.382 e. The second kappa shape index (κ2) is 6.43. The van der Waals surface area contributed by atoms with Crippen molar-refractivity contribution < 1.29 is 14.6 Å². The van der Waals surface area contributed by atoms with Gasteiger partial charge in [-0.05, 0) is 65.5 Å². The van der Waals surface area contributed by atoms with Crippen molar-refractivity contribution in [2.45, 2.75) is 82.1 Å². The van der Waals surface area contributed by atoms with E-state index in [0.29, 0.717) is 5.92 Å². The summed E-state index contributed by atoms with van der Waals surface area (Å²) >= 11 is 0. The van der Waals surface area contributed by atoms with Crippen LogP contribution in [0.3, 0.4) is 0 Å². The molecule has 3 rings (SSSR count). The molecule has 0 aromatic heterocycles. The fraction of sp³-hybridized carbons (Fsp3) is 0.609. The Morgan fingerprint density at radius 3 is 2.38 bits per heavy atom. The summed E-state index contributed by atoms with van der Waals surface area (Å²) in [5, 5.41) is 8.88. The molecule has 1 fully saturated rings. The number of fused-ring (bicyclic) bond motifs is 1. The number of ether oxygens (including phenoxy) is 1. The molecule has 2 atom stereocenters. The van der Waals surface area contributed by atoms with Crippen molar-refractivity contribution in [2.75, 3.05) is 7.11 Å². The zero-order valence-corrected chi connectivity index (χ0v) is 16.6. The molecule has 3 nitrogen and oxygen atoms in total. The van der Waals surface area contributed by atoms with Gasteiger partial charge in [0, 0.05) is 13.0 Å². The molecule has 0 amide bonds. The van der Waals surface area contributed by atoms with Gasteiger partial charge in [0.1, 0.15) is 5.60 Å². The second-order valence-electron chi connectivity index (χ2n) is 9.27. The quantitative estimate of drug-likeness (QED) is 0.778. The van der Waals surface area contributed by atoms with Crippen LogP contribution in [0, 0.1) is 11.8 Å². The van der Waals surface area contributed by atoms with Crippen LogP contribution in [0.5, 0.6) is 0 Å². The summed E-state index contributed by atoms with van der Waals surface area (Å²) in [4.78, 5) is 10.8. The molecule has 1 aromatic rings. The number of aliphatic carboxylic acids is 1. The minimum atomic E-state index is -1.09. The molecule has 2 aliphatic rings. The van der Waals surface area contributed by atoms with Gasteiger partial charge in [-0.15, -0.1) is 0 Å². The van der Waals surface area contributed by atoms with Gasteiger partial charge in [0.15, 0.2) is 0 Å². The van der Waals surface area contributed by atoms with E-state index in [1.807, 2.05) is 0 Å². The molecule has 0 heterocycles. The Bertz CT molecular complexity index is 778. The molecule has 2 unspecified atom stereocenters. The number of benzene rings is 1. The lowest BCUT2D eigenvalue weighted by Crippen LogP contribution is -2.34. The molecular weight excluding hydrogens is 324 g/mol. The normalized spacial score (nSPS) is 28.7.